The molecular weight excluding hydrogens is 246 g/mol. The highest BCUT2D eigenvalue weighted by molar-refractivity contribution is 5.86. The topological polar surface area (TPSA) is 50.9 Å². The lowest BCUT2D eigenvalue weighted by atomic mass is 9.95. The quantitative estimate of drug-likeness (QED) is 0.562. The lowest BCUT2D eigenvalue weighted by molar-refractivity contribution is 0.555. The largest absolute Gasteiger partial charge is 0.271 e. The average molecular weight is 263 g/mol. The van der Waals surface area contributed by atoms with Crippen LogP contribution in [0.15, 0.2) is 67.0 Å². The summed E-state index contributed by atoms with van der Waals surface area (Å²) < 4.78 is 0. The summed E-state index contributed by atoms with van der Waals surface area (Å²) in [4.78, 5) is 4.05. The first kappa shape index (κ1) is 12.8. The van der Waals surface area contributed by atoms with Crippen molar-refractivity contribution in [2.24, 2.45) is 5.84 Å². The van der Waals surface area contributed by atoms with Crippen LogP contribution < -0.4 is 11.3 Å². The van der Waals surface area contributed by atoms with E-state index in [9.17, 15) is 0 Å². The molecule has 0 aliphatic rings. The minimum Gasteiger partial charge on any atom is -0.271 e. The molecule has 3 nitrogen and oxygen atoms in total. The summed E-state index contributed by atoms with van der Waals surface area (Å²) in [6.07, 6.45) is 4.46. The molecule has 20 heavy (non-hydrogen) atoms. The van der Waals surface area contributed by atoms with Gasteiger partial charge in [-0.25, -0.2) is 0 Å². The summed E-state index contributed by atoms with van der Waals surface area (Å²) in [6.45, 7) is 0. The van der Waals surface area contributed by atoms with Crippen molar-refractivity contribution >= 4 is 10.8 Å². The van der Waals surface area contributed by atoms with Crippen molar-refractivity contribution < 1.29 is 0 Å². The van der Waals surface area contributed by atoms with Crippen molar-refractivity contribution in [2.75, 3.05) is 0 Å². The maximum absolute atomic E-state index is 5.78. The fraction of sp³-hybridized carbons (Fsp3) is 0.118. The second-order valence-corrected chi connectivity index (χ2v) is 4.85. The predicted molar refractivity (Wildman–Crippen MR) is 82.0 cm³/mol. The van der Waals surface area contributed by atoms with Crippen LogP contribution in [0, 0.1) is 0 Å². The SMILES string of the molecule is NNC(Cc1ccncc1)c1cccc2ccccc12. The van der Waals surface area contributed by atoms with E-state index in [1.165, 1.54) is 21.9 Å². The summed E-state index contributed by atoms with van der Waals surface area (Å²) in [5, 5.41) is 2.48. The van der Waals surface area contributed by atoms with Crippen LogP contribution in [0.5, 0.6) is 0 Å². The molecule has 3 aromatic rings. The van der Waals surface area contributed by atoms with Crippen LogP contribution in [0.1, 0.15) is 17.2 Å². The molecule has 0 spiro atoms. The fourth-order valence-corrected chi connectivity index (χ4v) is 2.57. The second-order valence-electron chi connectivity index (χ2n) is 4.85. The zero-order valence-corrected chi connectivity index (χ0v) is 11.2. The molecule has 0 radical (unpaired) electrons. The zero-order chi connectivity index (χ0) is 13.8. The van der Waals surface area contributed by atoms with Gasteiger partial charge in [-0.15, -0.1) is 0 Å². The van der Waals surface area contributed by atoms with Crippen LogP contribution in [0.3, 0.4) is 0 Å². The van der Waals surface area contributed by atoms with Gasteiger partial charge in [0.15, 0.2) is 0 Å². The smallest absolute Gasteiger partial charge is 0.0506 e. The number of benzene rings is 2. The third-order valence-electron chi connectivity index (χ3n) is 3.59. The summed E-state index contributed by atoms with van der Waals surface area (Å²) in [5.74, 6) is 5.78. The minimum absolute atomic E-state index is 0.0866. The highest BCUT2D eigenvalue weighted by Crippen LogP contribution is 2.26. The van der Waals surface area contributed by atoms with Crippen LogP contribution in [-0.2, 0) is 6.42 Å². The van der Waals surface area contributed by atoms with Gasteiger partial charge in [0, 0.05) is 12.4 Å². The van der Waals surface area contributed by atoms with Crippen LogP contribution in [0.25, 0.3) is 10.8 Å². The molecule has 1 atom stereocenters. The average Bonchev–Trinajstić information content (AvgIpc) is 2.53. The molecule has 3 rings (SSSR count). The predicted octanol–water partition coefficient (Wildman–Crippen LogP) is 2.98. The van der Waals surface area contributed by atoms with Gasteiger partial charge in [-0.2, -0.15) is 0 Å². The van der Waals surface area contributed by atoms with Crippen molar-refractivity contribution in [1.82, 2.24) is 10.4 Å². The van der Waals surface area contributed by atoms with Gasteiger partial charge in [-0.1, -0.05) is 42.5 Å². The van der Waals surface area contributed by atoms with E-state index >= 15 is 0 Å². The molecule has 0 fully saturated rings. The Hall–Kier alpha value is -2.23. The third-order valence-corrected chi connectivity index (χ3v) is 3.59. The molecule has 0 aliphatic heterocycles. The first-order valence-electron chi connectivity index (χ1n) is 6.71. The molecule has 2 aromatic carbocycles. The second kappa shape index (κ2) is 5.82. The van der Waals surface area contributed by atoms with Gasteiger partial charge >= 0.3 is 0 Å². The van der Waals surface area contributed by atoms with Crippen molar-refractivity contribution in [1.29, 1.82) is 0 Å². The molecule has 100 valence electrons. The number of hydrazine groups is 1. The molecule has 0 saturated carbocycles. The van der Waals surface area contributed by atoms with Gasteiger partial charge in [0.2, 0.25) is 0 Å². The van der Waals surface area contributed by atoms with E-state index < -0.39 is 0 Å². The lowest BCUT2D eigenvalue weighted by Crippen LogP contribution is -2.29. The van der Waals surface area contributed by atoms with E-state index in [1.54, 1.807) is 0 Å². The van der Waals surface area contributed by atoms with E-state index in [2.05, 4.69) is 52.9 Å². The summed E-state index contributed by atoms with van der Waals surface area (Å²) >= 11 is 0. The van der Waals surface area contributed by atoms with Crippen LogP contribution in [0.2, 0.25) is 0 Å². The molecular formula is C17H17N3. The Balaban J connectivity index is 1.99. The Morgan fingerprint density at radius 3 is 2.50 bits per heavy atom. The molecule has 1 heterocycles. The molecule has 0 amide bonds. The van der Waals surface area contributed by atoms with Crippen molar-refractivity contribution in [3.8, 4) is 0 Å². The zero-order valence-electron chi connectivity index (χ0n) is 11.2. The molecule has 0 bridgehead atoms. The maximum atomic E-state index is 5.78. The number of hydrogen-bond donors (Lipinski definition) is 2. The molecule has 3 N–H and O–H groups in total. The standard InChI is InChI=1S/C17H17N3/c18-20-17(12-13-8-10-19-11-9-13)16-7-3-5-14-4-1-2-6-15(14)16/h1-11,17,20H,12,18H2. The van der Waals surface area contributed by atoms with Crippen molar-refractivity contribution in [3.63, 3.8) is 0 Å². The number of aromatic nitrogens is 1. The fourth-order valence-electron chi connectivity index (χ4n) is 2.57. The summed E-state index contributed by atoms with van der Waals surface area (Å²) in [5.41, 5.74) is 5.38. The molecule has 1 aromatic heterocycles. The van der Waals surface area contributed by atoms with E-state index in [0.717, 1.165) is 6.42 Å². The van der Waals surface area contributed by atoms with Crippen molar-refractivity contribution in [2.45, 2.75) is 12.5 Å². The van der Waals surface area contributed by atoms with E-state index in [1.807, 2.05) is 24.5 Å². The highest BCUT2D eigenvalue weighted by atomic mass is 15.2. The number of nitrogens with zero attached hydrogens (tertiary/aromatic N) is 1. The number of nitrogens with two attached hydrogens (primary N) is 1. The van der Waals surface area contributed by atoms with Crippen molar-refractivity contribution in [3.05, 3.63) is 78.1 Å². The normalized spacial score (nSPS) is 12.4. The van der Waals surface area contributed by atoms with Crippen LogP contribution in [-0.4, -0.2) is 4.98 Å². The molecule has 1 unspecified atom stereocenters. The number of rotatable bonds is 4. The molecule has 0 aliphatic carbocycles. The Morgan fingerprint density at radius 2 is 1.70 bits per heavy atom. The Morgan fingerprint density at radius 1 is 0.950 bits per heavy atom. The Labute approximate surface area is 118 Å². The van der Waals surface area contributed by atoms with Gasteiger partial charge in [-0.3, -0.25) is 16.3 Å². The first-order chi connectivity index (χ1) is 9.88. The van der Waals surface area contributed by atoms with E-state index in [0.29, 0.717) is 0 Å². The Bertz CT molecular complexity index is 689. The monoisotopic (exact) mass is 263 g/mol. The Kier molecular flexibility index (Phi) is 3.72. The van der Waals surface area contributed by atoms with Crippen LogP contribution >= 0.6 is 0 Å². The number of fused-ring (bicyclic) bond motifs is 1. The van der Waals surface area contributed by atoms with E-state index in [4.69, 9.17) is 5.84 Å². The van der Waals surface area contributed by atoms with E-state index in [-0.39, 0.29) is 6.04 Å². The lowest BCUT2D eigenvalue weighted by Gasteiger charge is -2.18. The first-order valence-corrected chi connectivity index (χ1v) is 6.71. The highest BCUT2D eigenvalue weighted by Gasteiger charge is 2.13. The number of pyridine rings is 1. The maximum Gasteiger partial charge on any atom is 0.0506 e. The summed E-state index contributed by atoms with van der Waals surface area (Å²) in [7, 11) is 0. The number of hydrogen-bond acceptors (Lipinski definition) is 3. The molecule has 3 heteroatoms. The van der Waals surface area contributed by atoms with Gasteiger partial charge in [0.25, 0.3) is 0 Å². The third kappa shape index (κ3) is 2.54. The van der Waals surface area contributed by atoms with Crippen LogP contribution in [0.4, 0.5) is 0 Å². The number of nitrogens with one attached hydrogen (secondary N) is 1. The van der Waals surface area contributed by atoms with Gasteiger partial charge in [-0.05, 0) is 40.5 Å². The minimum atomic E-state index is 0.0866. The summed E-state index contributed by atoms with van der Waals surface area (Å²) in [6, 6.07) is 18.8. The van der Waals surface area contributed by atoms with Gasteiger partial charge in [0.1, 0.15) is 0 Å². The molecule has 0 saturated heterocycles. The van der Waals surface area contributed by atoms with Gasteiger partial charge in [0.05, 0.1) is 6.04 Å². The van der Waals surface area contributed by atoms with Gasteiger partial charge < -0.3 is 0 Å².